The van der Waals surface area contributed by atoms with Crippen LogP contribution in [-0.4, -0.2) is 9.13 Å². The standard InChI is InChI=1S/C46H30N2/c1-3-13-31(14-4-1)32-23-25-35(26-24-32)47-43-21-11-9-19-38(43)40-27-28-41-39-20-10-12-22-44(39)48(46(41)45(40)47)36-29-34-17-7-8-18-37(34)42(30-36)33-15-5-2-6-16-33/h1-30H. The van der Waals surface area contributed by atoms with Crippen LogP contribution in [0.3, 0.4) is 0 Å². The molecule has 2 heteroatoms. The Labute approximate surface area is 278 Å². The number of hydrogen-bond acceptors (Lipinski definition) is 0. The molecule has 0 unspecified atom stereocenters. The van der Waals surface area contributed by atoms with Gasteiger partial charge in [-0.3, -0.25) is 0 Å². The number of benzene rings is 8. The molecule has 0 amide bonds. The molecule has 0 N–H and O–H groups in total. The SMILES string of the molecule is c1ccc(-c2ccc(-n3c4ccccc4c4ccc5c6ccccc6n(-c6cc(-c7ccccc7)c7ccccc7c6)c5c43)cc2)cc1. The predicted octanol–water partition coefficient (Wildman–Crippen LogP) is 12.4. The Bertz CT molecular complexity index is 2800. The van der Waals surface area contributed by atoms with Crippen molar-refractivity contribution in [3.8, 4) is 33.6 Å². The van der Waals surface area contributed by atoms with Crippen LogP contribution in [-0.2, 0) is 0 Å². The molecule has 2 aromatic heterocycles. The number of nitrogens with zero attached hydrogens (tertiary/aromatic N) is 2. The van der Waals surface area contributed by atoms with Gasteiger partial charge in [0.15, 0.2) is 0 Å². The molecule has 0 fully saturated rings. The van der Waals surface area contributed by atoms with Gasteiger partial charge in [-0.2, -0.15) is 0 Å². The summed E-state index contributed by atoms with van der Waals surface area (Å²) in [6.45, 7) is 0. The van der Waals surface area contributed by atoms with Crippen LogP contribution in [0.4, 0.5) is 0 Å². The summed E-state index contributed by atoms with van der Waals surface area (Å²) in [5, 5.41) is 7.48. The van der Waals surface area contributed by atoms with Crippen molar-refractivity contribution in [2.75, 3.05) is 0 Å². The second kappa shape index (κ2) is 10.6. The molecule has 0 atom stereocenters. The Morgan fingerprint density at radius 1 is 0.292 bits per heavy atom. The van der Waals surface area contributed by atoms with Gasteiger partial charge in [-0.05, 0) is 69.4 Å². The highest BCUT2D eigenvalue weighted by Gasteiger charge is 2.22. The second-order valence-electron chi connectivity index (χ2n) is 12.6. The average Bonchev–Trinajstić information content (AvgIpc) is 3.68. The quantitative estimate of drug-likeness (QED) is 0.188. The van der Waals surface area contributed by atoms with Crippen molar-refractivity contribution in [2.24, 2.45) is 0 Å². The first-order valence-electron chi connectivity index (χ1n) is 16.5. The minimum atomic E-state index is 1.15. The van der Waals surface area contributed by atoms with Crippen LogP contribution in [0, 0.1) is 0 Å². The van der Waals surface area contributed by atoms with Gasteiger partial charge in [0, 0.05) is 32.9 Å². The Balaban J connectivity index is 1.34. The monoisotopic (exact) mass is 610 g/mol. The van der Waals surface area contributed by atoms with Crippen molar-refractivity contribution in [2.45, 2.75) is 0 Å². The molecule has 0 radical (unpaired) electrons. The molecule has 0 aliphatic rings. The lowest BCUT2D eigenvalue weighted by molar-refractivity contribution is 1.15. The Kier molecular flexibility index (Phi) is 5.91. The average molecular weight is 611 g/mol. The van der Waals surface area contributed by atoms with Crippen molar-refractivity contribution in [1.82, 2.24) is 9.13 Å². The minimum Gasteiger partial charge on any atom is -0.307 e. The normalized spacial score (nSPS) is 11.8. The summed E-state index contributed by atoms with van der Waals surface area (Å²) in [7, 11) is 0. The first-order chi connectivity index (χ1) is 23.8. The Morgan fingerprint density at radius 2 is 0.771 bits per heavy atom. The zero-order valence-corrected chi connectivity index (χ0v) is 26.2. The van der Waals surface area contributed by atoms with E-state index in [9.17, 15) is 0 Å². The van der Waals surface area contributed by atoms with Crippen molar-refractivity contribution in [3.05, 3.63) is 182 Å². The molecule has 0 aliphatic heterocycles. The molecule has 10 rings (SSSR count). The molecule has 2 heterocycles. The van der Waals surface area contributed by atoms with E-state index >= 15 is 0 Å². The molecule has 0 spiro atoms. The Morgan fingerprint density at radius 3 is 1.40 bits per heavy atom. The zero-order chi connectivity index (χ0) is 31.6. The molecule has 8 aromatic carbocycles. The fourth-order valence-electron chi connectivity index (χ4n) is 7.75. The summed E-state index contributed by atoms with van der Waals surface area (Å²) >= 11 is 0. The maximum atomic E-state index is 2.50. The lowest BCUT2D eigenvalue weighted by Crippen LogP contribution is -1.99. The van der Waals surface area contributed by atoms with Gasteiger partial charge in [0.05, 0.1) is 22.1 Å². The first-order valence-corrected chi connectivity index (χ1v) is 16.5. The van der Waals surface area contributed by atoms with E-state index in [-0.39, 0.29) is 0 Å². The molecular formula is C46H30N2. The molecule has 10 aromatic rings. The third-order valence-corrected chi connectivity index (χ3v) is 9.89. The molecule has 0 saturated carbocycles. The highest BCUT2D eigenvalue weighted by Crippen LogP contribution is 2.43. The van der Waals surface area contributed by atoms with Crippen molar-refractivity contribution >= 4 is 54.4 Å². The number of aromatic nitrogens is 2. The molecular weight excluding hydrogens is 581 g/mol. The maximum Gasteiger partial charge on any atom is 0.0788 e. The summed E-state index contributed by atoms with van der Waals surface area (Å²) in [6, 6.07) is 66.2. The highest BCUT2D eigenvalue weighted by molar-refractivity contribution is 6.24. The largest absolute Gasteiger partial charge is 0.307 e. The van der Waals surface area contributed by atoms with E-state index in [4.69, 9.17) is 0 Å². The summed E-state index contributed by atoms with van der Waals surface area (Å²) < 4.78 is 4.97. The highest BCUT2D eigenvalue weighted by atomic mass is 15.0. The van der Waals surface area contributed by atoms with Gasteiger partial charge in [0.1, 0.15) is 0 Å². The van der Waals surface area contributed by atoms with Crippen LogP contribution in [0.5, 0.6) is 0 Å². The van der Waals surface area contributed by atoms with Gasteiger partial charge in [-0.15, -0.1) is 0 Å². The van der Waals surface area contributed by atoms with Crippen LogP contribution in [0.2, 0.25) is 0 Å². The van der Waals surface area contributed by atoms with Crippen LogP contribution >= 0.6 is 0 Å². The van der Waals surface area contributed by atoms with Gasteiger partial charge in [-0.1, -0.05) is 146 Å². The van der Waals surface area contributed by atoms with Crippen molar-refractivity contribution in [3.63, 3.8) is 0 Å². The van der Waals surface area contributed by atoms with E-state index in [1.807, 2.05) is 0 Å². The van der Waals surface area contributed by atoms with Crippen LogP contribution in [0.1, 0.15) is 0 Å². The van der Waals surface area contributed by atoms with Gasteiger partial charge in [-0.25, -0.2) is 0 Å². The number of rotatable bonds is 4. The smallest absolute Gasteiger partial charge is 0.0788 e. The fourth-order valence-corrected chi connectivity index (χ4v) is 7.75. The first kappa shape index (κ1) is 26.8. The lowest BCUT2D eigenvalue weighted by atomic mass is 9.97. The molecule has 2 nitrogen and oxygen atoms in total. The van der Waals surface area contributed by atoms with E-state index in [1.165, 1.54) is 76.6 Å². The van der Waals surface area contributed by atoms with Gasteiger partial charge in [0.2, 0.25) is 0 Å². The molecule has 0 aliphatic carbocycles. The van der Waals surface area contributed by atoms with E-state index in [0.29, 0.717) is 0 Å². The van der Waals surface area contributed by atoms with E-state index < -0.39 is 0 Å². The predicted molar refractivity (Wildman–Crippen MR) is 203 cm³/mol. The Hall–Kier alpha value is -6.38. The molecule has 0 bridgehead atoms. The van der Waals surface area contributed by atoms with Gasteiger partial charge >= 0.3 is 0 Å². The molecule has 224 valence electrons. The van der Waals surface area contributed by atoms with E-state index in [0.717, 1.165) is 11.4 Å². The van der Waals surface area contributed by atoms with Crippen molar-refractivity contribution < 1.29 is 0 Å². The van der Waals surface area contributed by atoms with E-state index in [1.54, 1.807) is 0 Å². The van der Waals surface area contributed by atoms with Crippen LogP contribution in [0.15, 0.2) is 182 Å². The minimum absolute atomic E-state index is 1.15. The second-order valence-corrected chi connectivity index (χ2v) is 12.6. The third kappa shape index (κ3) is 4.00. The van der Waals surface area contributed by atoms with Crippen molar-refractivity contribution in [1.29, 1.82) is 0 Å². The third-order valence-electron chi connectivity index (χ3n) is 9.89. The van der Waals surface area contributed by atoms with Crippen LogP contribution in [0.25, 0.3) is 88.0 Å². The molecule has 48 heavy (non-hydrogen) atoms. The summed E-state index contributed by atoms with van der Waals surface area (Å²) in [6.07, 6.45) is 0. The number of hydrogen-bond donors (Lipinski definition) is 0. The number of fused-ring (bicyclic) bond motifs is 8. The maximum absolute atomic E-state index is 2.50. The van der Waals surface area contributed by atoms with Gasteiger partial charge in [0.25, 0.3) is 0 Å². The summed E-state index contributed by atoms with van der Waals surface area (Å²) in [5.41, 5.74) is 12.0. The number of para-hydroxylation sites is 2. The van der Waals surface area contributed by atoms with E-state index in [2.05, 4.69) is 191 Å². The fraction of sp³-hybridized carbons (Fsp3) is 0. The summed E-state index contributed by atoms with van der Waals surface area (Å²) in [5.74, 6) is 0. The van der Waals surface area contributed by atoms with Gasteiger partial charge < -0.3 is 9.13 Å². The topological polar surface area (TPSA) is 9.86 Å². The summed E-state index contributed by atoms with van der Waals surface area (Å²) in [4.78, 5) is 0. The zero-order valence-electron chi connectivity index (χ0n) is 26.2. The van der Waals surface area contributed by atoms with Crippen LogP contribution < -0.4 is 0 Å². The lowest BCUT2D eigenvalue weighted by Gasteiger charge is -2.16. The molecule has 0 saturated heterocycles.